The number of methoxy groups -OCH3 is 1. The second kappa shape index (κ2) is 8.22. The van der Waals surface area contributed by atoms with E-state index in [1.54, 1.807) is 7.11 Å². The largest absolute Gasteiger partial charge is 0.496 e. The van der Waals surface area contributed by atoms with Crippen LogP contribution in [0.5, 0.6) is 5.75 Å². The number of aromatic nitrogens is 1. The normalized spacial score (nSPS) is 15.3. The molecule has 126 valence electrons. The Morgan fingerprint density at radius 3 is 2.61 bits per heavy atom. The van der Waals surface area contributed by atoms with Gasteiger partial charge in [-0.25, -0.2) is 0 Å². The molecule has 1 aromatic heterocycles. The summed E-state index contributed by atoms with van der Waals surface area (Å²) in [6, 6.07) is 8.55. The monoisotopic (exact) mass is 398 g/mol. The van der Waals surface area contributed by atoms with Gasteiger partial charge in [0.2, 0.25) is 0 Å². The van der Waals surface area contributed by atoms with Crippen molar-refractivity contribution in [2.45, 2.75) is 32.7 Å². The van der Waals surface area contributed by atoms with Gasteiger partial charge in [-0.1, -0.05) is 22.4 Å². The molecule has 1 aliphatic heterocycles. The fraction of sp³-hybridized carbons (Fsp3) is 0.444. The summed E-state index contributed by atoms with van der Waals surface area (Å²) in [5, 5.41) is 0. The van der Waals surface area contributed by atoms with Gasteiger partial charge in [0.1, 0.15) is 5.75 Å². The Morgan fingerprint density at radius 1 is 1.17 bits per heavy atom. The maximum atomic E-state index is 5.59. The van der Waals surface area contributed by atoms with E-state index in [-0.39, 0.29) is 12.4 Å². The molecule has 0 atom stereocenters. The van der Waals surface area contributed by atoms with E-state index >= 15 is 0 Å². The Kier molecular flexibility index (Phi) is 6.57. The number of ether oxygens (including phenoxy) is 1. The zero-order valence-electron chi connectivity index (χ0n) is 13.7. The fourth-order valence-electron chi connectivity index (χ4n) is 3.25. The number of nitrogens with zero attached hydrogens (tertiary/aromatic N) is 1. The van der Waals surface area contributed by atoms with Crippen LogP contribution in [0, 0.1) is 6.92 Å². The van der Waals surface area contributed by atoms with Crippen molar-refractivity contribution >= 4 is 28.3 Å². The molecule has 1 N–H and O–H groups in total. The number of aromatic amines is 1. The van der Waals surface area contributed by atoms with Crippen molar-refractivity contribution < 1.29 is 4.74 Å². The summed E-state index contributed by atoms with van der Waals surface area (Å²) in [4.78, 5) is 6.09. The minimum atomic E-state index is 0. The van der Waals surface area contributed by atoms with Gasteiger partial charge in [-0.2, -0.15) is 0 Å². The van der Waals surface area contributed by atoms with Crippen molar-refractivity contribution in [2.24, 2.45) is 0 Å². The number of aryl methyl sites for hydroxylation is 1. The van der Waals surface area contributed by atoms with Crippen LogP contribution < -0.4 is 4.74 Å². The van der Waals surface area contributed by atoms with Crippen LogP contribution in [0.15, 0.2) is 28.7 Å². The standard InChI is InChI=1S/C18H23BrN2O.ClH/c1-13-10-14(19)11-16(18(13)22-2)17-7-6-15(20-17)12-21-8-4-3-5-9-21;/h6-7,10-11,20H,3-5,8-9,12H2,1-2H3;1H. The van der Waals surface area contributed by atoms with E-state index in [2.05, 4.69) is 57.0 Å². The highest BCUT2D eigenvalue weighted by Crippen LogP contribution is 2.35. The molecule has 0 unspecified atom stereocenters. The van der Waals surface area contributed by atoms with Gasteiger partial charge in [0.25, 0.3) is 0 Å². The molecule has 1 aliphatic rings. The topological polar surface area (TPSA) is 28.3 Å². The van der Waals surface area contributed by atoms with E-state index in [0.717, 1.165) is 33.6 Å². The zero-order chi connectivity index (χ0) is 15.5. The number of nitrogens with one attached hydrogen (secondary N) is 1. The van der Waals surface area contributed by atoms with E-state index in [4.69, 9.17) is 4.74 Å². The summed E-state index contributed by atoms with van der Waals surface area (Å²) in [5.41, 5.74) is 4.64. The maximum absolute atomic E-state index is 5.59. The molecule has 0 radical (unpaired) electrons. The molecule has 23 heavy (non-hydrogen) atoms. The first-order valence-electron chi connectivity index (χ1n) is 7.92. The van der Waals surface area contributed by atoms with Gasteiger partial charge in [-0.15, -0.1) is 12.4 Å². The van der Waals surface area contributed by atoms with E-state index in [1.165, 1.54) is 38.0 Å². The third kappa shape index (κ3) is 4.31. The minimum Gasteiger partial charge on any atom is -0.496 e. The molecule has 1 saturated heterocycles. The van der Waals surface area contributed by atoms with Crippen LogP contribution in [0.3, 0.4) is 0 Å². The molecule has 2 aromatic rings. The number of rotatable bonds is 4. The number of halogens is 2. The zero-order valence-corrected chi connectivity index (χ0v) is 16.1. The molecule has 0 saturated carbocycles. The predicted octanol–water partition coefficient (Wildman–Crippen LogP) is 5.17. The third-order valence-corrected chi connectivity index (χ3v) is 4.78. The lowest BCUT2D eigenvalue weighted by Crippen LogP contribution is -2.29. The number of H-pyrrole nitrogens is 1. The summed E-state index contributed by atoms with van der Waals surface area (Å²) < 4.78 is 6.67. The van der Waals surface area contributed by atoms with Crippen molar-refractivity contribution in [3.05, 3.63) is 40.0 Å². The van der Waals surface area contributed by atoms with Gasteiger partial charge < -0.3 is 9.72 Å². The first-order valence-corrected chi connectivity index (χ1v) is 8.71. The maximum Gasteiger partial charge on any atom is 0.131 e. The Labute approximate surface area is 153 Å². The number of piperidine rings is 1. The third-order valence-electron chi connectivity index (χ3n) is 4.32. The van der Waals surface area contributed by atoms with Crippen molar-refractivity contribution in [3.8, 4) is 17.0 Å². The average Bonchev–Trinajstić information content (AvgIpc) is 2.96. The minimum absolute atomic E-state index is 0. The van der Waals surface area contributed by atoms with Crippen molar-refractivity contribution in [1.29, 1.82) is 0 Å². The molecule has 1 fully saturated rings. The summed E-state index contributed by atoms with van der Waals surface area (Å²) >= 11 is 3.58. The molecule has 0 aliphatic carbocycles. The Bertz CT molecular complexity index is 650. The quantitative estimate of drug-likeness (QED) is 0.768. The summed E-state index contributed by atoms with van der Waals surface area (Å²) in [5.74, 6) is 0.939. The SMILES string of the molecule is COc1c(C)cc(Br)cc1-c1ccc(CN2CCCCC2)[nH]1.Cl. The molecular formula is C18H24BrClN2O. The molecule has 0 amide bonds. The van der Waals surface area contributed by atoms with Crippen LogP contribution in [0.25, 0.3) is 11.3 Å². The van der Waals surface area contributed by atoms with Crippen LogP contribution in [-0.2, 0) is 6.54 Å². The van der Waals surface area contributed by atoms with Crippen molar-refractivity contribution in [2.75, 3.05) is 20.2 Å². The lowest BCUT2D eigenvalue weighted by molar-refractivity contribution is 0.219. The van der Waals surface area contributed by atoms with Gasteiger partial charge in [0.05, 0.1) is 7.11 Å². The predicted molar refractivity (Wildman–Crippen MR) is 102 cm³/mol. The molecule has 0 bridgehead atoms. The number of likely N-dealkylation sites (tertiary alicyclic amines) is 1. The van der Waals surface area contributed by atoms with Crippen molar-refractivity contribution in [3.63, 3.8) is 0 Å². The molecule has 0 spiro atoms. The van der Waals surface area contributed by atoms with Gasteiger partial charge in [-0.3, -0.25) is 4.90 Å². The molecule has 2 heterocycles. The molecule has 1 aromatic carbocycles. The highest BCUT2D eigenvalue weighted by Gasteiger charge is 2.14. The van der Waals surface area contributed by atoms with Crippen LogP contribution >= 0.6 is 28.3 Å². The van der Waals surface area contributed by atoms with Gasteiger partial charge in [0.15, 0.2) is 0 Å². The Morgan fingerprint density at radius 2 is 1.91 bits per heavy atom. The van der Waals surface area contributed by atoms with E-state index in [0.29, 0.717) is 0 Å². The van der Waals surface area contributed by atoms with E-state index in [9.17, 15) is 0 Å². The Balaban J connectivity index is 0.00000192. The summed E-state index contributed by atoms with van der Waals surface area (Å²) in [6.45, 7) is 5.52. The van der Waals surface area contributed by atoms with Crippen LogP contribution in [0.2, 0.25) is 0 Å². The first kappa shape index (κ1) is 18.4. The summed E-state index contributed by atoms with van der Waals surface area (Å²) in [7, 11) is 1.73. The lowest BCUT2D eigenvalue weighted by Gasteiger charge is -2.25. The molecule has 3 rings (SSSR count). The second-order valence-electron chi connectivity index (χ2n) is 6.04. The lowest BCUT2D eigenvalue weighted by atomic mass is 10.1. The summed E-state index contributed by atoms with van der Waals surface area (Å²) in [6.07, 6.45) is 4.03. The highest BCUT2D eigenvalue weighted by atomic mass is 79.9. The van der Waals surface area contributed by atoms with Crippen LogP contribution in [0.4, 0.5) is 0 Å². The van der Waals surface area contributed by atoms with E-state index in [1.807, 2.05) is 0 Å². The Hall–Kier alpha value is -0.970. The van der Waals surface area contributed by atoms with Gasteiger partial charge >= 0.3 is 0 Å². The van der Waals surface area contributed by atoms with Crippen LogP contribution in [0.1, 0.15) is 30.5 Å². The number of hydrogen-bond donors (Lipinski definition) is 1. The second-order valence-corrected chi connectivity index (χ2v) is 6.95. The molecular weight excluding hydrogens is 376 g/mol. The fourth-order valence-corrected chi connectivity index (χ4v) is 3.82. The average molecular weight is 400 g/mol. The molecule has 5 heteroatoms. The number of benzene rings is 1. The van der Waals surface area contributed by atoms with Gasteiger partial charge in [-0.05, 0) is 62.7 Å². The molecule has 3 nitrogen and oxygen atoms in total. The highest BCUT2D eigenvalue weighted by molar-refractivity contribution is 9.10. The smallest absolute Gasteiger partial charge is 0.131 e. The van der Waals surface area contributed by atoms with Crippen LogP contribution in [-0.4, -0.2) is 30.1 Å². The van der Waals surface area contributed by atoms with Crippen molar-refractivity contribution in [1.82, 2.24) is 9.88 Å². The number of hydrogen-bond acceptors (Lipinski definition) is 2. The van der Waals surface area contributed by atoms with E-state index < -0.39 is 0 Å². The first-order chi connectivity index (χ1) is 10.7. The van der Waals surface area contributed by atoms with Gasteiger partial charge in [0, 0.05) is 28.0 Å².